The van der Waals surface area contributed by atoms with Crippen molar-refractivity contribution in [2.75, 3.05) is 6.54 Å². The summed E-state index contributed by atoms with van der Waals surface area (Å²) in [6, 6.07) is 19.8. The first kappa shape index (κ1) is 21.9. The van der Waals surface area contributed by atoms with Gasteiger partial charge in [-0.05, 0) is 74.3 Å². The zero-order valence-corrected chi connectivity index (χ0v) is 19.4. The Hall–Kier alpha value is -3.29. The molecule has 1 aliphatic heterocycles. The number of nitrogens with one attached hydrogen (secondary N) is 1. The highest BCUT2D eigenvalue weighted by Crippen LogP contribution is 2.28. The number of carbonyl (C=O) groups is 2. The van der Waals surface area contributed by atoms with Crippen molar-refractivity contribution in [3.63, 3.8) is 0 Å². The van der Waals surface area contributed by atoms with Crippen LogP contribution in [-0.2, 0) is 16.2 Å². The molecule has 3 aromatic carbocycles. The third-order valence-electron chi connectivity index (χ3n) is 4.97. The highest BCUT2D eigenvalue weighted by atomic mass is 79.9. The molecule has 1 fully saturated rings. The monoisotopic (exact) mass is 506 g/mol. The Morgan fingerprint density at radius 1 is 1.06 bits per heavy atom. The van der Waals surface area contributed by atoms with Gasteiger partial charge in [-0.3, -0.25) is 19.8 Å². The van der Waals surface area contributed by atoms with E-state index in [1.165, 1.54) is 16.4 Å². The number of carbonyl (C=O) groups excluding carboxylic acids is 2. The van der Waals surface area contributed by atoms with E-state index in [1.54, 1.807) is 24.3 Å². The van der Waals surface area contributed by atoms with Crippen molar-refractivity contribution < 1.29 is 14.3 Å². The van der Waals surface area contributed by atoms with Crippen molar-refractivity contribution in [2.45, 2.75) is 6.61 Å². The Balaban J connectivity index is 1.51. The molecule has 32 heavy (non-hydrogen) atoms. The molecule has 7 heteroatoms. The van der Waals surface area contributed by atoms with Crippen LogP contribution in [0, 0.1) is 0 Å². The van der Waals surface area contributed by atoms with Crippen molar-refractivity contribution in [3.05, 3.63) is 94.5 Å². The second-order valence-electron chi connectivity index (χ2n) is 7.18. The summed E-state index contributed by atoms with van der Waals surface area (Å²) >= 11 is 8.59. The lowest BCUT2D eigenvalue weighted by atomic mass is 10.1. The molecule has 0 radical (unpaired) electrons. The normalized spacial score (nSPS) is 15.2. The van der Waals surface area contributed by atoms with Crippen molar-refractivity contribution in [3.8, 4) is 5.75 Å². The third kappa shape index (κ3) is 4.64. The van der Waals surface area contributed by atoms with Crippen LogP contribution < -0.4 is 10.1 Å². The Kier molecular flexibility index (Phi) is 6.48. The van der Waals surface area contributed by atoms with Gasteiger partial charge in [0.25, 0.3) is 11.8 Å². The maximum Gasteiger partial charge on any atom is 0.265 e. The first-order valence-corrected chi connectivity index (χ1v) is 11.1. The molecule has 3 aromatic rings. The maximum absolute atomic E-state index is 12.7. The summed E-state index contributed by atoms with van der Waals surface area (Å²) in [5.74, 6) is -0.311. The molecule has 0 aliphatic carbocycles. The predicted octanol–water partition coefficient (Wildman–Crippen LogP) is 4.99. The van der Waals surface area contributed by atoms with Gasteiger partial charge in [0.1, 0.15) is 17.9 Å². The van der Waals surface area contributed by atoms with Gasteiger partial charge in [0.05, 0.1) is 4.47 Å². The molecule has 2 amide bonds. The minimum Gasteiger partial charge on any atom is -0.488 e. The van der Waals surface area contributed by atoms with E-state index in [1.807, 2.05) is 18.2 Å². The molecule has 4 rings (SSSR count). The number of hydrogen-bond acceptors (Lipinski definition) is 4. The van der Waals surface area contributed by atoms with Gasteiger partial charge < -0.3 is 4.74 Å². The predicted molar refractivity (Wildman–Crippen MR) is 133 cm³/mol. The van der Waals surface area contributed by atoms with Crippen LogP contribution in [0.3, 0.4) is 0 Å². The summed E-state index contributed by atoms with van der Waals surface area (Å²) in [4.78, 5) is 26.3. The smallest absolute Gasteiger partial charge is 0.265 e. The minimum absolute atomic E-state index is 0.0113. The van der Waals surface area contributed by atoms with Gasteiger partial charge in [0.2, 0.25) is 0 Å². The summed E-state index contributed by atoms with van der Waals surface area (Å²) in [5.41, 5.74) is 1.75. The van der Waals surface area contributed by atoms with Crippen LogP contribution in [0.15, 0.2) is 83.4 Å². The van der Waals surface area contributed by atoms with E-state index in [9.17, 15) is 9.59 Å². The van der Waals surface area contributed by atoms with Crippen LogP contribution >= 0.6 is 28.1 Å². The van der Waals surface area contributed by atoms with Gasteiger partial charge in [-0.1, -0.05) is 48.5 Å². The molecular weight excluding hydrogens is 488 g/mol. The molecular formula is C25H19BrN2O3S. The fourth-order valence-corrected chi connectivity index (χ4v) is 4.13. The number of benzene rings is 3. The molecule has 0 unspecified atom stereocenters. The number of nitrogens with zero attached hydrogens (tertiary/aromatic N) is 1. The molecule has 0 aromatic heterocycles. The second kappa shape index (κ2) is 9.46. The van der Waals surface area contributed by atoms with Crippen molar-refractivity contribution >= 4 is 61.9 Å². The first-order chi connectivity index (χ1) is 15.5. The van der Waals surface area contributed by atoms with Gasteiger partial charge in [-0.2, -0.15) is 0 Å². The van der Waals surface area contributed by atoms with E-state index in [0.717, 1.165) is 15.4 Å². The van der Waals surface area contributed by atoms with Gasteiger partial charge in [0, 0.05) is 6.54 Å². The number of halogens is 1. The highest BCUT2D eigenvalue weighted by molar-refractivity contribution is 9.10. The first-order valence-electron chi connectivity index (χ1n) is 9.86. The lowest BCUT2D eigenvalue weighted by molar-refractivity contribution is -0.128. The van der Waals surface area contributed by atoms with E-state index >= 15 is 0 Å². The number of ether oxygens (including phenoxy) is 1. The van der Waals surface area contributed by atoms with Gasteiger partial charge in [-0.15, -0.1) is 6.58 Å². The fourth-order valence-electron chi connectivity index (χ4n) is 3.37. The Morgan fingerprint density at radius 2 is 1.84 bits per heavy atom. The fraction of sp³-hybridized carbons (Fsp3) is 0.0800. The van der Waals surface area contributed by atoms with Crippen molar-refractivity contribution in [1.29, 1.82) is 0 Å². The molecule has 1 heterocycles. The maximum atomic E-state index is 12.7. The zero-order valence-electron chi connectivity index (χ0n) is 17.0. The quantitative estimate of drug-likeness (QED) is 0.221. The molecule has 0 bridgehead atoms. The van der Waals surface area contributed by atoms with Crippen molar-refractivity contribution in [2.24, 2.45) is 0 Å². The topological polar surface area (TPSA) is 58.6 Å². The van der Waals surface area contributed by atoms with E-state index in [4.69, 9.17) is 17.0 Å². The summed E-state index contributed by atoms with van der Waals surface area (Å²) in [5, 5.41) is 4.96. The average molecular weight is 507 g/mol. The summed E-state index contributed by atoms with van der Waals surface area (Å²) in [6.07, 6.45) is 3.09. The van der Waals surface area contributed by atoms with Crippen LogP contribution in [0.5, 0.6) is 5.75 Å². The second-order valence-corrected chi connectivity index (χ2v) is 8.42. The zero-order chi connectivity index (χ0) is 22.7. The summed E-state index contributed by atoms with van der Waals surface area (Å²) in [6.45, 7) is 4.26. The molecule has 5 nitrogen and oxygen atoms in total. The average Bonchev–Trinajstić information content (AvgIpc) is 2.78. The van der Waals surface area contributed by atoms with Crippen LogP contribution in [0.4, 0.5) is 0 Å². The minimum atomic E-state index is -0.520. The standard InChI is InChI=1S/C25H19BrN2O3S/c1-2-11-28-24(30)20(23(29)27-25(28)32)13-16-8-10-22(21(26)14-16)31-15-17-7-9-18-5-3-4-6-19(18)12-17/h2-10,12-14H,1,11,15H2,(H,27,29,32)/b20-13+. The summed E-state index contributed by atoms with van der Waals surface area (Å²) < 4.78 is 6.69. The summed E-state index contributed by atoms with van der Waals surface area (Å²) in [7, 11) is 0. The Morgan fingerprint density at radius 3 is 2.59 bits per heavy atom. The molecule has 1 N–H and O–H groups in total. The number of rotatable bonds is 6. The number of thiocarbonyl (C=S) groups is 1. The van der Waals surface area contributed by atoms with Crippen LogP contribution in [0.2, 0.25) is 0 Å². The number of amides is 2. The molecule has 0 atom stereocenters. The lowest BCUT2D eigenvalue weighted by Crippen LogP contribution is -2.53. The van der Waals surface area contributed by atoms with Crippen LogP contribution in [0.1, 0.15) is 11.1 Å². The molecule has 0 saturated carbocycles. The molecule has 1 aliphatic rings. The third-order valence-corrected chi connectivity index (χ3v) is 5.91. The van der Waals surface area contributed by atoms with Gasteiger partial charge in [0.15, 0.2) is 5.11 Å². The molecule has 0 spiro atoms. The van der Waals surface area contributed by atoms with Crippen molar-refractivity contribution in [1.82, 2.24) is 10.2 Å². The molecule has 1 saturated heterocycles. The highest BCUT2D eigenvalue weighted by Gasteiger charge is 2.32. The largest absolute Gasteiger partial charge is 0.488 e. The van der Waals surface area contributed by atoms with Crippen LogP contribution in [-0.4, -0.2) is 28.4 Å². The van der Waals surface area contributed by atoms with E-state index < -0.39 is 11.8 Å². The SMILES string of the molecule is C=CCN1C(=O)/C(=C/c2ccc(OCc3ccc4ccccc4c3)c(Br)c2)C(=O)NC1=S. The Bertz CT molecular complexity index is 1290. The molecule has 160 valence electrons. The van der Waals surface area contributed by atoms with E-state index in [-0.39, 0.29) is 17.2 Å². The Labute approximate surface area is 199 Å². The van der Waals surface area contributed by atoms with E-state index in [0.29, 0.717) is 17.9 Å². The van der Waals surface area contributed by atoms with Gasteiger partial charge in [-0.25, -0.2) is 0 Å². The number of hydrogen-bond donors (Lipinski definition) is 1. The lowest BCUT2D eigenvalue weighted by Gasteiger charge is -2.27. The van der Waals surface area contributed by atoms with Crippen LogP contribution in [0.25, 0.3) is 16.8 Å². The van der Waals surface area contributed by atoms with E-state index in [2.05, 4.69) is 52.1 Å². The van der Waals surface area contributed by atoms with Gasteiger partial charge >= 0.3 is 0 Å². The number of fused-ring (bicyclic) bond motifs is 1.